The summed E-state index contributed by atoms with van der Waals surface area (Å²) in [6.45, 7) is 0.109. The van der Waals surface area contributed by atoms with Crippen molar-refractivity contribution in [3.8, 4) is 11.5 Å². The summed E-state index contributed by atoms with van der Waals surface area (Å²) < 4.78 is 20.4. The van der Waals surface area contributed by atoms with E-state index < -0.39 is 5.97 Å². The molecule has 1 aromatic heterocycles. The smallest absolute Gasteiger partial charge is 0.374 e. The van der Waals surface area contributed by atoms with Crippen molar-refractivity contribution in [3.63, 3.8) is 0 Å². The molecule has 2 rings (SSSR count). The van der Waals surface area contributed by atoms with E-state index in [0.29, 0.717) is 22.6 Å². The molecule has 110 valence electrons. The van der Waals surface area contributed by atoms with Crippen molar-refractivity contribution >= 4 is 12.3 Å². The van der Waals surface area contributed by atoms with Crippen LogP contribution in [0.5, 0.6) is 11.5 Å². The molecule has 6 nitrogen and oxygen atoms in total. The second kappa shape index (κ2) is 6.60. The highest BCUT2D eigenvalue weighted by Crippen LogP contribution is 2.28. The van der Waals surface area contributed by atoms with E-state index in [1.807, 2.05) is 0 Å². The second-order valence-corrected chi connectivity index (χ2v) is 4.08. The summed E-state index contributed by atoms with van der Waals surface area (Å²) in [4.78, 5) is 22.2. The maximum Gasteiger partial charge on any atom is 0.374 e. The fraction of sp³-hybridized carbons (Fsp3) is 0.200. The summed E-state index contributed by atoms with van der Waals surface area (Å²) in [6, 6.07) is 6.43. The van der Waals surface area contributed by atoms with Crippen LogP contribution in [0.15, 0.2) is 34.9 Å². The van der Waals surface area contributed by atoms with Crippen LogP contribution in [-0.2, 0) is 11.3 Å². The van der Waals surface area contributed by atoms with Gasteiger partial charge in [-0.15, -0.1) is 0 Å². The highest BCUT2D eigenvalue weighted by Gasteiger charge is 2.16. The number of rotatable bonds is 6. The Bertz CT molecular complexity index is 643. The highest BCUT2D eigenvalue weighted by atomic mass is 16.5. The summed E-state index contributed by atoms with van der Waals surface area (Å²) in [7, 11) is 2.76. The minimum atomic E-state index is -0.568. The Morgan fingerprint density at radius 3 is 2.71 bits per heavy atom. The molecule has 0 fully saturated rings. The number of hydrogen-bond acceptors (Lipinski definition) is 6. The number of furan rings is 1. The Kier molecular flexibility index (Phi) is 4.61. The average Bonchev–Trinajstić information content (AvgIpc) is 3.00. The largest absolute Gasteiger partial charge is 0.493 e. The van der Waals surface area contributed by atoms with E-state index in [2.05, 4.69) is 4.74 Å². The van der Waals surface area contributed by atoms with Gasteiger partial charge >= 0.3 is 5.97 Å². The first-order valence-electron chi connectivity index (χ1n) is 6.10. The summed E-state index contributed by atoms with van der Waals surface area (Å²) in [5.74, 6) is 0.422. The van der Waals surface area contributed by atoms with Crippen molar-refractivity contribution in [1.29, 1.82) is 0 Å². The maximum absolute atomic E-state index is 11.5. The van der Waals surface area contributed by atoms with Crippen molar-refractivity contribution in [1.82, 2.24) is 0 Å². The van der Waals surface area contributed by atoms with Crippen LogP contribution < -0.4 is 9.47 Å². The SMILES string of the molecule is COC(=O)c1occc1COc1ccc(C=O)cc1OC. The molecule has 21 heavy (non-hydrogen) atoms. The molecule has 0 unspecified atom stereocenters. The third kappa shape index (κ3) is 3.22. The number of carbonyl (C=O) groups excluding carboxylic acids is 2. The van der Waals surface area contributed by atoms with Gasteiger partial charge in [0.15, 0.2) is 11.5 Å². The van der Waals surface area contributed by atoms with Crippen LogP contribution >= 0.6 is 0 Å². The van der Waals surface area contributed by atoms with Crippen molar-refractivity contribution < 1.29 is 28.2 Å². The van der Waals surface area contributed by atoms with Crippen molar-refractivity contribution in [2.75, 3.05) is 14.2 Å². The Labute approximate surface area is 121 Å². The maximum atomic E-state index is 11.5. The van der Waals surface area contributed by atoms with Gasteiger partial charge in [0, 0.05) is 11.1 Å². The third-order valence-corrected chi connectivity index (χ3v) is 2.82. The molecule has 6 heteroatoms. The van der Waals surface area contributed by atoms with Crippen molar-refractivity contribution in [3.05, 3.63) is 47.4 Å². The molecule has 0 bridgehead atoms. The van der Waals surface area contributed by atoms with Crippen LogP contribution in [0, 0.1) is 0 Å². The fourth-order valence-electron chi connectivity index (χ4n) is 1.75. The minimum absolute atomic E-state index is 0.0981. The topological polar surface area (TPSA) is 75.0 Å². The number of methoxy groups -OCH3 is 2. The van der Waals surface area contributed by atoms with Gasteiger partial charge < -0.3 is 18.6 Å². The Hall–Kier alpha value is -2.76. The summed E-state index contributed by atoms with van der Waals surface area (Å²) in [5, 5.41) is 0. The van der Waals surface area contributed by atoms with E-state index in [1.165, 1.54) is 20.5 Å². The lowest BCUT2D eigenvalue weighted by Crippen LogP contribution is -2.05. The average molecular weight is 290 g/mol. The van der Waals surface area contributed by atoms with E-state index in [9.17, 15) is 9.59 Å². The van der Waals surface area contributed by atoms with Gasteiger partial charge in [-0.3, -0.25) is 4.79 Å². The minimum Gasteiger partial charge on any atom is -0.493 e. The highest BCUT2D eigenvalue weighted by molar-refractivity contribution is 5.87. The predicted molar refractivity (Wildman–Crippen MR) is 72.8 cm³/mol. The molecule has 0 saturated heterocycles. The summed E-state index contributed by atoms with van der Waals surface area (Å²) in [5.41, 5.74) is 1.04. The number of ether oxygens (including phenoxy) is 3. The van der Waals surface area contributed by atoms with Crippen LogP contribution in [0.2, 0.25) is 0 Å². The van der Waals surface area contributed by atoms with E-state index in [1.54, 1.807) is 24.3 Å². The van der Waals surface area contributed by atoms with Crippen molar-refractivity contribution in [2.45, 2.75) is 6.61 Å². The number of esters is 1. The lowest BCUT2D eigenvalue weighted by atomic mass is 10.2. The molecule has 0 saturated carbocycles. The first-order valence-corrected chi connectivity index (χ1v) is 6.10. The van der Waals surface area contributed by atoms with Gasteiger partial charge in [-0.25, -0.2) is 4.79 Å². The van der Waals surface area contributed by atoms with Crippen LogP contribution in [0.3, 0.4) is 0 Å². The molecular formula is C15H14O6. The third-order valence-electron chi connectivity index (χ3n) is 2.82. The standard InChI is InChI=1S/C15H14O6/c1-18-13-7-10(8-16)3-4-12(13)21-9-11-5-6-20-14(11)15(17)19-2/h3-8H,9H2,1-2H3. The molecule has 1 aromatic carbocycles. The number of benzene rings is 1. The van der Waals surface area contributed by atoms with Crippen molar-refractivity contribution in [2.24, 2.45) is 0 Å². The Balaban J connectivity index is 2.15. The first-order chi connectivity index (χ1) is 10.2. The van der Waals surface area contributed by atoms with E-state index in [0.717, 1.165) is 6.29 Å². The van der Waals surface area contributed by atoms with Gasteiger partial charge in [-0.05, 0) is 24.3 Å². The van der Waals surface area contributed by atoms with E-state index in [4.69, 9.17) is 13.9 Å². The van der Waals surface area contributed by atoms with Gasteiger partial charge in [-0.1, -0.05) is 0 Å². The van der Waals surface area contributed by atoms with Gasteiger partial charge in [0.1, 0.15) is 12.9 Å². The molecule has 0 N–H and O–H groups in total. The first kappa shape index (κ1) is 14.6. The van der Waals surface area contributed by atoms with Crippen LogP contribution in [-0.4, -0.2) is 26.5 Å². The second-order valence-electron chi connectivity index (χ2n) is 4.08. The predicted octanol–water partition coefficient (Wildman–Crippen LogP) is 2.47. The van der Waals surface area contributed by atoms with Crippen LogP contribution in [0.4, 0.5) is 0 Å². The van der Waals surface area contributed by atoms with Gasteiger partial charge in [-0.2, -0.15) is 0 Å². The molecule has 0 amide bonds. The number of aldehydes is 1. The molecule has 0 aliphatic rings. The van der Waals surface area contributed by atoms with Gasteiger partial charge in [0.05, 0.1) is 20.5 Å². The summed E-state index contributed by atoms with van der Waals surface area (Å²) in [6.07, 6.45) is 2.11. The Morgan fingerprint density at radius 1 is 1.24 bits per heavy atom. The summed E-state index contributed by atoms with van der Waals surface area (Å²) >= 11 is 0. The van der Waals surface area contributed by atoms with E-state index >= 15 is 0 Å². The normalized spacial score (nSPS) is 10.0. The van der Waals surface area contributed by atoms with Crippen LogP contribution in [0.25, 0.3) is 0 Å². The number of carbonyl (C=O) groups is 2. The molecule has 1 heterocycles. The van der Waals surface area contributed by atoms with Crippen LogP contribution in [0.1, 0.15) is 26.5 Å². The molecule has 0 aliphatic carbocycles. The molecular weight excluding hydrogens is 276 g/mol. The van der Waals surface area contributed by atoms with E-state index in [-0.39, 0.29) is 12.4 Å². The van der Waals surface area contributed by atoms with Gasteiger partial charge in [0.25, 0.3) is 0 Å². The monoisotopic (exact) mass is 290 g/mol. The molecule has 0 radical (unpaired) electrons. The van der Waals surface area contributed by atoms with Gasteiger partial charge in [0.2, 0.25) is 5.76 Å². The number of hydrogen-bond donors (Lipinski definition) is 0. The lowest BCUT2D eigenvalue weighted by molar-refractivity contribution is 0.0561. The molecule has 0 atom stereocenters. The quantitative estimate of drug-likeness (QED) is 0.601. The molecule has 0 spiro atoms. The zero-order valence-electron chi connectivity index (χ0n) is 11.6. The zero-order chi connectivity index (χ0) is 15.2. The molecule has 2 aromatic rings. The zero-order valence-corrected chi connectivity index (χ0v) is 11.6. The lowest BCUT2D eigenvalue weighted by Gasteiger charge is -2.10. The molecule has 0 aliphatic heterocycles. The fourth-order valence-corrected chi connectivity index (χ4v) is 1.75. The Morgan fingerprint density at radius 2 is 2.05 bits per heavy atom.